The van der Waals surface area contributed by atoms with E-state index < -0.39 is 28.5 Å². The number of anilines is 1. The zero-order valence-electron chi connectivity index (χ0n) is 23.2. The van der Waals surface area contributed by atoms with Gasteiger partial charge in [-0.2, -0.15) is 0 Å². The maximum atomic E-state index is 14.0. The van der Waals surface area contributed by atoms with Crippen LogP contribution in [-0.2, 0) is 26.2 Å². The molecule has 3 aromatic carbocycles. The summed E-state index contributed by atoms with van der Waals surface area (Å²) >= 11 is 12.5. The number of hydrogen-bond acceptors (Lipinski definition) is 4. The molecule has 0 aliphatic carbocycles. The number of nitrogens with zero attached hydrogens (tertiary/aromatic N) is 2. The van der Waals surface area contributed by atoms with Gasteiger partial charge in [0.1, 0.15) is 12.6 Å². The molecule has 0 bridgehead atoms. The third-order valence-electron chi connectivity index (χ3n) is 6.46. The molecule has 1 atom stereocenters. The van der Waals surface area contributed by atoms with Gasteiger partial charge in [0.25, 0.3) is 10.0 Å². The smallest absolute Gasteiger partial charge is 0.264 e. The second kappa shape index (κ2) is 14.0. The molecule has 2 amide bonds. The predicted octanol–water partition coefficient (Wildman–Crippen LogP) is 6.14. The van der Waals surface area contributed by atoms with Gasteiger partial charge in [-0.3, -0.25) is 13.9 Å². The second-order valence-corrected chi connectivity index (χ2v) is 12.5. The van der Waals surface area contributed by atoms with Gasteiger partial charge >= 0.3 is 0 Å². The summed E-state index contributed by atoms with van der Waals surface area (Å²) in [4.78, 5) is 28.5. The first-order valence-corrected chi connectivity index (χ1v) is 15.3. The highest BCUT2D eigenvalue weighted by Crippen LogP contribution is 2.27. The molecule has 10 heteroatoms. The number of aryl methyl sites for hydroxylation is 2. The second-order valence-electron chi connectivity index (χ2n) is 9.75. The average Bonchev–Trinajstić information content (AvgIpc) is 2.90. The van der Waals surface area contributed by atoms with Gasteiger partial charge in [-0.1, -0.05) is 66.9 Å². The Hall–Kier alpha value is -3.07. The summed E-state index contributed by atoms with van der Waals surface area (Å²) in [7, 11) is -4.12. The molecule has 0 aliphatic heterocycles. The number of benzene rings is 3. The number of halogens is 2. The van der Waals surface area contributed by atoms with E-state index in [-0.39, 0.29) is 17.3 Å². The van der Waals surface area contributed by atoms with Crippen LogP contribution in [0.1, 0.15) is 43.4 Å². The van der Waals surface area contributed by atoms with E-state index in [1.54, 1.807) is 55.5 Å². The minimum atomic E-state index is -4.12. The van der Waals surface area contributed by atoms with Crippen molar-refractivity contribution in [2.75, 3.05) is 17.4 Å². The number of nitrogens with one attached hydrogen (secondary N) is 1. The third kappa shape index (κ3) is 7.99. The molecule has 0 aliphatic rings. The molecule has 40 heavy (non-hydrogen) atoms. The molecular formula is C30H35Cl2N3O4S. The summed E-state index contributed by atoms with van der Waals surface area (Å²) in [5, 5.41) is 3.64. The van der Waals surface area contributed by atoms with Crippen LogP contribution in [0.25, 0.3) is 0 Å². The van der Waals surface area contributed by atoms with Gasteiger partial charge in [0, 0.05) is 23.1 Å². The number of hydrogen-bond donors (Lipinski definition) is 1. The molecule has 7 nitrogen and oxygen atoms in total. The van der Waals surface area contributed by atoms with Crippen LogP contribution in [0, 0.1) is 13.8 Å². The van der Waals surface area contributed by atoms with Crippen LogP contribution in [0.3, 0.4) is 0 Å². The van der Waals surface area contributed by atoms with Crippen molar-refractivity contribution in [3.8, 4) is 0 Å². The van der Waals surface area contributed by atoms with E-state index in [0.29, 0.717) is 27.8 Å². The fraction of sp³-hybridized carbons (Fsp3) is 0.333. The highest BCUT2D eigenvalue weighted by atomic mass is 35.5. The monoisotopic (exact) mass is 603 g/mol. The maximum Gasteiger partial charge on any atom is 0.264 e. The Morgan fingerprint density at radius 3 is 2.20 bits per heavy atom. The van der Waals surface area contributed by atoms with Gasteiger partial charge in [-0.15, -0.1) is 0 Å². The lowest BCUT2D eigenvalue weighted by Crippen LogP contribution is -2.51. The van der Waals surface area contributed by atoms with Crippen molar-refractivity contribution < 1.29 is 18.0 Å². The lowest BCUT2D eigenvalue weighted by Gasteiger charge is -2.32. The molecule has 0 heterocycles. The number of carbonyl (C=O) groups is 2. The number of rotatable bonds is 12. The molecule has 214 valence electrons. The van der Waals surface area contributed by atoms with E-state index in [9.17, 15) is 18.0 Å². The van der Waals surface area contributed by atoms with Crippen molar-refractivity contribution in [3.63, 3.8) is 0 Å². The van der Waals surface area contributed by atoms with Crippen molar-refractivity contribution in [2.45, 2.75) is 58.0 Å². The Bertz CT molecular complexity index is 1430. The summed E-state index contributed by atoms with van der Waals surface area (Å²) in [6, 6.07) is 17.4. The SMILES string of the molecule is CCCCNC(=O)C(C)N(Cc1ccc(Cl)cc1Cl)C(=O)CN(c1cc(C)cc(C)c1)S(=O)(=O)c1ccccc1. The molecule has 3 rings (SSSR count). The molecule has 0 spiro atoms. The van der Waals surface area contributed by atoms with Gasteiger partial charge < -0.3 is 10.2 Å². The summed E-state index contributed by atoms with van der Waals surface area (Å²) < 4.78 is 28.9. The highest BCUT2D eigenvalue weighted by molar-refractivity contribution is 7.92. The van der Waals surface area contributed by atoms with Crippen molar-refractivity contribution in [1.29, 1.82) is 0 Å². The van der Waals surface area contributed by atoms with Crippen LogP contribution in [0.5, 0.6) is 0 Å². The van der Waals surface area contributed by atoms with Crippen LogP contribution < -0.4 is 9.62 Å². The van der Waals surface area contributed by atoms with Gasteiger partial charge in [-0.25, -0.2) is 8.42 Å². The summed E-state index contributed by atoms with van der Waals surface area (Å²) in [5.74, 6) is -0.890. The molecule has 1 N–H and O–H groups in total. The summed E-state index contributed by atoms with van der Waals surface area (Å²) in [6.07, 6.45) is 1.70. The van der Waals surface area contributed by atoms with Crippen LogP contribution in [-0.4, -0.2) is 44.3 Å². The average molecular weight is 605 g/mol. The first-order valence-electron chi connectivity index (χ1n) is 13.1. The molecule has 1 unspecified atom stereocenters. The molecule has 0 aromatic heterocycles. The predicted molar refractivity (Wildman–Crippen MR) is 161 cm³/mol. The summed E-state index contributed by atoms with van der Waals surface area (Å²) in [6.45, 7) is 7.31. The molecule has 0 saturated carbocycles. The Morgan fingerprint density at radius 1 is 0.950 bits per heavy atom. The lowest BCUT2D eigenvalue weighted by atomic mass is 10.1. The zero-order valence-corrected chi connectivity index (χ0v) is 25.5. The lowest BCUT2D eigenvalue weighted by molar-refractivity contribution is -0.139. The zero-order chi connectivity index (χ0) is 29.4. The topological polar surface area (TPSA) is 86.8 Å². The molecular weight excluding hydrogens is 569 g/mol. The Kier molecular flexibility index (Phi) is 11.0. The third-order valence-corrected chi connectivity index (χ3v) is 8.83. The molecule has 0 fully saturated rings. The fourth-order valence-electron chi connectivity index (χ4n) is 4.30. The van der Waals surface area contributed by atoms with E-state index in [1.165, 1.54) is 17.0 Å². The van der Waals surface area contributed by atoms with Crippen molar-refractivity contribution >= 4 is 50.7 Å². The van der Waals surface area contributed by atoms with Crippen molar-refractivity contribution in [3.05, 3.63) is 93.5 Å². The largest absolute Gasteiger partial charge is 0.354 e. The van der Waals surface area contributed by atoms with Crippen LogP contribution in [0.15, 0.2) is 71.6 Å². The first-order chi connectivity index (χ1) is 18.9. The van der Waals surface area contributed by atoms with E-state index in [4.69, 9.17) is 23.2 Å². The van der Waals surface area contributed by atoms with Crippen molar-refractivity contribution in [1.82, 2.24) is 10.2 Å². The Labute approximate surface area is 247 Å². The number of amides is 2. The van der Waals surface area contributed by atoms with Gasteiger partial charge in [0.05, 0.1) is 10.6 Å². The Morgan fingerprint density at radius 2 is 1.60 bits per heavy atom. The Balaban J connectivity index is 2.04. The quantitative estimate of drug-likeness (QED) is 0.252. The van der Waals surface area contributed by atoms with Gasteiger partial charge in [-0.05, 0) is 80.3 Å². The van der Waals surface area contributed by atoms with Crippen molar-refractivity contribution in [2.24, 2.45) is 0 Å². The van der Waals surface area contributed by atoms with Gasteiger partial charge in [0.2, 0.25) is 11.8 Å². The highest BCUT2D eigenvalue weighted by Gasteiger charge is 2.33. The fourth-order valence-corrected chi connectivity index (χ4v) is 6.18. The number of unbranched alkanes of at least 4 members (excludes halogenated alkanes) is 1. The minimum Gasteiger partial charge on any atom is -0.354 e. The van der Waals surface area contributed by atoms with E-state index in [0.717, 1.165) is 28.3 Å². The minimum absolute atomic E-state index is 0.0106. The molecule has 0 radical (unpaired) electrons. The first kappa shape index (κ1) is 31.5. The maximum absolute atomic E-state index is 14.0. The normalized spacial score (nSPS) is 12.1. The van der Waals surface area contributed by atoms with E-state index >= 15 is 0 Å². The summed E-state index contributed by atoms with van der Waals surface area (Å²) in [5.41, 5.74) is 2.64. The number of sulfonamides is 1. The molecule has 0 saturated heterocycles. The van der Waals surface area contributed by atoms with E-state index in [2.05, 4.69) is 5.32 Å². The van der Waals surface area contributed by atoms with Crippen LogP contribution >= 0.6 is 23.2 Å². The van der Waals surface area contributed by atoms with E-state index in [1.807, 2.05) is 26.8 Å². The number of carbonyl (C=O) groups excluding carboxylic acids is 2. The molecule has 3 aromatic rings. The van der Waals surface area contributed by atoms with Crippen LogP contribution in [0.4, 0.5) is 5.69 Å². The van der Waals surface area contributed by atoms with Gasteiger partial charge in [0.15, 0.2) is 0 Å². The van der Waals surface area contributed by atoms with Crippen LogP contribution in [0.2, 0.25) is 10.0 Å². The standard InChI is InChI=1S/C30H35Cl2N3O4S/c1-5-6-14-33-30(37)23(4)34(19-24-12-13-25(31)18-28(24)32)29(36)20-35(26-16-21(2)15-22(3)17-26)40(38,39)27-10-8-7-9-11-27/h7-13,15-18,23H,5-6,14,19-20H2,1-4H3,(H,33,37).